The van der Waals surface area contributed by atoms with Gasteiger partial charge in [0.2, 0.25) is 0 Å². The van der Waals surface area contributed by atoms with Crippen molar-refractivity contribution >= 4 is 11.6 Å². The van der Waals surface area contributed by atoms with Crippen LogP contribution in [0.5, 0.6) is 0 Å². The van der Waals surface area contributed by atoms with Gasteiger partial charge in [-0.05, 0) is 30.7 Å². The number of likely N-dealkylation sites (tertiary alicyclic amines) is 1. The van der Waals surface area contributed by atoms with E-state index >= 15 is 0 Å². The molecule has 1 saturated heterocycles. The Hall–Kier alpha value is -0.600. The molecule has 0 spiro atoms. The minimum absolute atomic E-state index is 0.664. The number of halogens is 1. The second-order valence-corrected chi connectivity index (χ2v) is 5.10. The van der Waals surface area contributed by atoms with Gasteiger partial charge in [-0.25, -0.2) is 4.98 Å². The first-order valence-corrected chi connectivity index (χ1v) is 6.02. The van der Waals surface area contributed by atoms with Crippen LogP contribution in [0.25, 0.3) is 0 Å². The first kappa shape index (κ1) is 9.61. The van der Waals surface area contributed by atoms with Crippen LogP contribution in [0.1, 0.15) is 18.4 Å². The maximum atomic E-state index is 6.05. The van der Waals surface area contributed by atoms with Crippen LogP contribution in [0.3, 0.4) is 0 Å². The summed E-state index contributed by atoms with van der Waals surface area (Å²) in [5.74, 6) is 1.95. The molecule has 80 valence electrons. The molecular formula is C12H15ClN2. The van der Waals surface area contributed by atoms with Gasteiger partial charge in [0.25, 0.3) is 0 Å². The van der Waals surface area contributed by atoms with Gasteiger partial charge in [0.05, 0.1) is 0 Å². The van der Waals surface area contributed by atoms with Gasteiger partial charge in [0.15, 0.2) is 0 Å². The number of nitrogens with zero attached hydrogens (tertiary/aromatic N) is 2. The van der Waals surface area contributed by atoms with Gasteiger partial charge >= 0.3 is 0 Å². The lowest BCUT2D eigenvalue weighted by molar-refractivity contribution is 0.243. The normalized spacial score (nSPS) is 29.9. The molecule has 2 nitrogen and oxygen atoms in total. The SMILES string of the molecule is Clc1ncccc1CN1CC2CCC2C1. The average Bonchev–Trinajstić information content (AvgIpc) is 2.48. The number of rotatable bonds is 2. The summed E-state index contributed by atoms with van der Waals surface area (Å²) in [5, 5.41) is 0.664. The lowest BCUT2D eigenvalue weighted by atomic mass is 9.77. The van der Waals surface area contributed by atoms with E-state index in [-0.39, 0.29) is 0 Å². The van der Waals surface area contributed by atoms with E-state index in [0.717, 1.165) is 18.4 Å². The third-order valence-electron chi connectivity index (χ3n) is 3.79. The monoisotopic (exact) mass is 222 g/mol. The molecule has 1 aliphatic carbocycles. The van der Waals surface area contributed by atoms with Crippen molar-refractivity contribution in [3.8, 4) is 0 Å². The van der Waals surface area contributed by atoms with Crippen molar-refractivity contribution < 1.29 is 0 Å². The number of hydrogen-bond acceptors (Lipinski definition) is 2. The zero-order valence-corrected chi connectivity index (χ0v) is 9.45. The topological polar surface area (TPSA) is 16.1 Å². The average molecular weight is 223 g/mol. The minimum Gasteiger partial charge on any atom is -0.298 e. The molecule has 2 aliphatic rings. The molecule has 0 bridgehead atoms. The molecule has 1 aromatic heterocycles. The van der Waals surface area contributed by atoms with E-state index in [1.54, 1.807) is 6.20 Å². The van der Waals surface area contributed by atoms with Crippen LogP contribution in [0.4, 0.5) is 0 Å². The summed E-state index contributed by atoms with van der Waals surface area (Å²) in [4.78, 5) is 6.63. The van der Waals surface area contributed by atoms with Crippen molar-refractivity contribution in [1.82, 2.24) is 9.88 Å². The molecule has 2 unspecified atom stereocenters. The number of fused-ring (bicyclic) bond motifs is 1. The molecule has 15 heavy (non-hydrogen) atoms. The maximum Gasteiger partial charge on any atom is 0.133 e. The molecule has 2 atom stereocenters. The molecule has 2 heterocycles. The Labute approximate surface area is 95.3 Å². The van der Waals surface area contributed by atoms with Crippen LogP contribution in [0.2, 0.25) is 5.15 Å². The van der Waals surface area contributed by atoms with Crippen LogP contribution >= 0.6 is 11.6 Å². The van der Waals surface area contributed by atoms with E-state index in [2.05, 4.69) is 16.0 Å². The maximum absolute atomic E-state index is 6.05. The standard InChI is InChI=1S/C12H15ClN2/c13-12-11(2-1-5-14-12)8-15-6-9-3-4-10(9)7-15/h1-2,5,9-10H,3-4,6-8H2. The van der Waals surface area contributed by atoms with E-state index in [9.17, 15) is 0 Å². The Morgan fingerprint density at radius 3 is 2.67 bits per heavy atom. The first-order valence-electron chi connectivity index (χ1n) is 5.64. The fraction of sp³-hybridized carbons (Fsp3) is 0.583. The molecule has 3 rings (SSSR count). The van der Waals surface area contributed by atoms with Crippen LogP contribution in [-0.2, 0) is 6.54 Å². The van der Waals surface area contributed by atoms with Crippen molar-refractivity contribution in [1.29, 1.82) is 0 Å². The van der Waals surface area contributed by atoms with E-state index in [1.165, 1.54) is 31.5 Å². The summed E-state index contributed by atoms with van der Waals surface area (Å²) >= 11 is 6.05. The largest absolute Gasteiger partial charge is 0.298 e. The minimum atomic E-state index is 0.664. The third kappa shape index (κ3) is 1.77. The second kappa shape index (κ2) is 3.76. The van der Waals surface area contributed by atoms with Crippen LogP contribution < -0.4 is 0 Å². The zero-order chi connectivity index (χ0) is 10.3. The van der Waals surface area contributed by atoms with Gasteiger partial charge < -0.3 is 0 Å². The van der Waals surface area contributed by atoms with Crippen molar-refractivity contribution in [2.45, 2.75) is 19.4 Å². The van der Waals surface area contributed by atoms with Crippen molar-refractivity contribution in [3.63, 3.8) is 0 Å². The Kier molecular flexibility index (Phi) is 2.41. The molecule has 0 N–H and O–H groups in total. The lowest BCUT2D eigenvalue weighted by Gasteiger charge is -2.28. The number of pyridine rings is 1. The zero-order valence-electron chi connectivity index (χ0n) is 8.69. The van der Waals surface area contributed by atoms with Gasteiger partial charge in [-0.1, -0.05) is 17.7 Å². The third-order valence-corrected chi connectivity index (χ3v) is 4.13. The highest BCUT2D eigenvalue weighted by atomic mass is 35.5. The Morgan fingerprint density at radius 2 is 2.07 bits per heavy atom. The molecule has 1 aromatic rings. The van der Waals surface area contributed by atoms with Gasteiger partial charge in [-0.2, -0.15) is 0 Å². The van der Waals surface area contributed by atoms with Gasteiger partial charge in [0.1, 0.15) is 5.15 Å². The highest BCUT2D eigenvalue weighted by molar-refractivity contribution is 6.30. The van der Waals surface area contributed by atoms with Crippen molar-refractivity contribution in [3.05, 3.63) is 29.0 Å². The van der Waals surface area contributed by atoms with E-state index in [4.69, 9.17) is 11.6 Å². The van der Waals surface area contributed by atoms with E-state index in [0.29, 0.717) is 5.15 Å². The highest BCUT2D eigenvalue weighted by Gasteiger charge is 2.38. The molecule has 0 aromatic carbocycles. The van der Waals surface area contributed by atoms with Gasteiger partial charge in [-0.3, -0.25) is 4.90 Å². The van der Waals surface area contributed by atoms with Crippen LogP contribution in [-0.4, -0.2) is 23.0 Å². The van der Waals surface area contributed by atoms with Crippen LogP contribution in [0.15, 0.2) is 18.3 Å². The van der Waals surface area contributed by atoms with E-state index < -0.39 is 0 Å². The number of aromatic nitrogens is 1. The van der Waals surface area contributed by atoms with E-state index in [1.807, 2.05) is 6.07 Å². The summed E-state index contributed by atoms with van der Waals surface area (Å²) in [5.41, 5.74) is 1.17. The molecule has 0 radical (unpaired) electrons. The summed E-state index contributed by atoms with van der Waals surface area (Å²) in [7, 11) is 0. The van der Waals surface area contributed by atoms with Gasteiger partial charge in [-0.15, -0.1) is 0 Å². The Bertz CT molecular complexity index is 354. The van der Waals surface area contributed by atoms with Crippen LogP contribution in [0, 0.1) is 11.8 Å². The summed E-state index contributed by atoms with van der Waals surface area (Å²) in [6.45, 7) is 3.49. The predicted molar refractivity (Wildman–Crippen MR) is 60.7 cm³/mol. The fourth-order valence-corrected chi connectivity index (χ4v) is 2.94. The summed E-state index contributed by atoms with van der Waals surface area (Å²) in [6.07, 6.45) is 4.61. The molecule has 1 aliphatic heterocycles. The quantitative estimate of drug-likeness (QED) is 0.716. The molecule has 2 fully saturated rings. The van der Waals surface area contributed by atoms with Crippen molar-refractivity contribution in [2.75, 3.05) is 13.1 Å². The predicted octanol–water partition coefficient (Wildman–Crippen LogP) is 2.58. The molecule has 0 amide bonds. The highest BCUT2D eigenvalue weighted by Crippen LogP contribution is 2.40. The molecule has 3 heteroatoms. The summed E-state index contributed by atoms with van der Waals surface area (Å²) in [6, 6.07) is 4.04. The Morgan fingerprint density at radius 1 is 1.33 bits per heavy atom. The lowest BCUT2D eigenvalue weighted by Crippen LogP contribution is -2.22. The molecule has 1 saturated carbocycles. The smallest absolute Gasteiger partial charge is 0.133 e. The number of hydrogen-bond donors (Lipinski definition) is 0. The molecular weight excluding hydrogens is 208 g/mol. The fourth-order valence-electron chi connectivity index (χ4n) is 2.76. The second-order valence-electron chi connectivity index (χ2n) is 4.74. The van der Waals surface area contributed by atoms with Crippen molar-refractivity contribution in [2.24, 2.45) is 11.8 Å². The van der Waals surface area contributed by atoms with Gasteiger partial charge in [0, 0.05) is 31.4 Å². The first-order chi connectivity index (χ1) is 7.33. The Balaban J connectivity index is 1.68. The summed E-state index contributed by atoms with van der Waals surface area (Å²) < 4.78 is 0.